The number of allylic oxidation sites excluding steroid dienone is 1. The molecule has 0 aliphatic carbocycles. The third kappa shape index (κ3) is 3.40. The topological polar surface area (TPSA) is 90.3 Å². The Morgan fingerprint density at radius 3 is 2.66 bits per heavy atom. The number of nitrogens with zero attached hydrogens (tertiary/aromatic N) is 2. The molecule has 150 valence electrons. The van der Waals surface area contributed by atoms with Gasteiger partial charge in [-0.05, 0) is 31.9 Å². The minimum atomic E-state index is -0.811. The molecule has 1 saturated heterocycles. The van der Waals surface area contributed by atoms with Crippen LogP contribution >= 0.6 is 23.2 Å². The largest absolute Gasteiger partial charge is 0.440 e. The average Bonchev–Trinajstić information content (AvgIpc) is 3.18. The maximum absolute atomic E-state index is 13.6. The molecule has 6 nitrogen and oxygen atoms in total. The molecule has 0 amide bonds. The number of aromatic nitrogens is 1. The number of pyridine rings is 1. The van der Waals surface area contributed by atoms with Crippen molar-refractivity contribution in [2.24, 2.45) is 5.73 Å². The van der Waals surface area contributed by atoms with Crippen LogP contribution in [-0.4, -0.2) is 17.3 Å². The van der Waals surface area contributed by atoms with E-state index < -0.39 is 5.92 Å². The number of aryl methyl sites for hydroxylation is 1. The number of ether oxygens (including phenoxy) is 2. The molecular formula is C21H19Cl2N3O3. The molecular weight excluding hydrogens is 413 g/mol. The van der Waals surface area contributed by atoms with E-state index in [9.17, 15) is 10.1 Å². The van der Waals surface area contributed by atoms with Gasteiger partial charge < -0.3 is 19.8 Å². The van der Waals surface area contributed by atoms with Crippen LogP contribution < -0.4 is 16.0 Å². The smallest absolute Gasteiger partial charge is 0.258 e. The van der Waals surface area contributed by atoms with Crippen molar-refractivity contribution in [3.8, 4) is 11.8 Å². The highest BCUT2D eigenvalue weighted by atomic mass is 35.5. The highest BCUT2D eigenvalue weighted by Gasteiger charge is 2.37. The van der Waals surface area contributed by atoms with Gasteiger partial charge in [-0.25, -0.2) is 0 Å². The first kappa shape index (κ1) is 19.8. The SMILES string of the molecule is Cc1cc2c(c(=O)n1CC1CCCO1)C(c1c(Cl)cccc1Cl)C(C#N)=C(N)O2. The van der Waals surface area contributed by atoms with Crippen LogP contribution in [0.5, 0.6) is 5.75 Å². The Balaban J connectivity index is 1.95. The van der Waals surface area contributed by atoms with Crippen molar-refractivity contribution in [2.45, 2.75) is 38.3 Å². The Kier molecular flexibility index (Phi) is 5.30. The summed E-state index contributed by atoms with van der Waals surface area (Å²) in [6.45, 7) is 2.96. The highest BCUT2D eigenvalue weighted by Crippen LogP contribution is 2.45. The normalized spacial score (nSPS) is 20.9. The van der Waals surface area contributed by atoms with Crippen molar-refractivity contribution in [2.75, 3.05) is 6.61 Å². The second kappa shape index (κ2) is 7.75. The van der Waals surface area contributed by atoms with Crippen LogP contribution in [0.1, 0.15) is 35.6 Å². The predicted molar refractivity (Wildman–Crippen MR) is 110 cm³/mol. The van der Waals surface area contributed by atoms with Crippen LogP contribution in [0.2, 0.25) is 10.0 Å². The fourth-order valence-corrected chi connectivity index (χ4v) is 4.60. The zero-order valence-electron chi connectivity index (χ0n) is 15.7. The molecule has 2 aliphatic rings. The fourth-order valence-electron chi connectivity index (χ4n) is 3.98. The molecule has 1 fully saturated rings. The van der Waals surface area contributed by atoms with E-state index in [0.717, 1.165) is 18.5 Å². The summed E-state index contributed by atoms with van der Waals surface area (Å²) in [5.41, 5.74) is 7.35. The average molecular weight is 432 g/mol. The van der Waals surface area contributed by atoms with Crippen LogP contribution in [0.15, 0.2) is 40.5 Å². The lowest BCUT2D eigenvalue weighted by Gasteiger charge is -2.28. The molecule has 2 atom stereocenters. The van der Waals surface area contributed by atoms with Gasteiger partial charge in [0.15, 0.2) is 0 Å². The Morgan fingerprint density at radius 2 is 2.03 bits per heavy atom. The number of nitrogens with two attached hydrogens (primary N) is 1. The fraction of sp³-hybridized carbons (Fsp3) is 0.333. The number of hydrogen-bond acceptors (Lipinski definition) is 5. The lowest BCUT2D eigenvalue weighted by Crippen LogP contribution is -2.35. The standard InChI is InChI=1S/C21H19Cl2N3O3/c1-11-8-16-19(21(27)26(11)10-12-4-3-7-28-12)17(13(9-24)20(25)29-16)18-14(22)5-2-6-15(18)23/h2,5-6,8,12,17H,3-4,7,10,25H2,1H3. The summed E-state index contributed by atoms with van der Waals surface area (Å²) in [5.74, 6) is -0.556. The first-order valence-corrected chi connectivity index (χ1v) is 10.1. The van der Waals surface area contributed by atoms with E-state index >= 15 is 0 Å². The maximum atomic E-state index is 13.6. The molecule has 4 rings (SSSR count). The Labute approximate surface area is 178 Å². The minimum absolute atomic E-state index is 0.0210. The third-order valence-corrected chi connectivity index (χ3v) is 6.05. The van der Waals surface area contributed by atoms with Gasteiger partial charge in [0, 0.05) is 34.0 Å². The lowest BCUT2D eigenvalue weighted by atomic mass is 9.84. The van der Waals surface area contributed by atoms with Crippen molar-refractivity contribution in [3.63, 3.8) is 0 Å². The predicted octanol–water partition coefficient (Wildman–Crippen LogP) is 3.86. The number of hydrogen-bond donors (Lipinski definition) is 1. The number of rotatable bonds is 3. The van der Waals surface area contributed by atoms with Gasteiger partial charge in [-0.1, -0.05) is 29.3 Å². The number of nitriles is 1. The summed E-state index contributed by atoms with van der Waals surface area (Å²) in [6, 6.07) is 8.87. The van der Waals surface area contributed by atoms with Gasteiger partial charge in [-0.15, -0.1) is 0 Å². The molecule has 3 heterocycles. The number of halogens is 2. The summed E-state index contributed by atoms with van der Waals surface area (Å²) < 4.78 is 13.0. The summed E-state index contributed by atoms with van der Waals surface area (Å²) >= 11 is 12.9. The van der Waals surface area contributed by atoms with E-state index in [0.29, 0.717) is 40.1 Å². The Hall–Kier alpha value is -2.46. The summed E-state index contributed by atoms with van der Waals surface area (Å²) in [5, 5.41) is 10.5. The molecule has 0 saturated carbocycles. The maximum Gasteiger partial charge on any atom is 0.258 e. The molecule has 1 aromatic heterocycles. The van der Waals surface area contributed by atoms with E-state index in [4.69, 9.17) is 38.4 Å². The van der Waals surface area contributed by atoms with Crippen LogP contribution in [0.25, 0.3) is 0 Å². The van der Waals surface area contributed by atoms with Crippen molar-refractivity contribution in [3.05, 3.63) is 72.9 Å². The molecule has 2 aliphatic heterocycles. The van der Waals surface area contributed by atoms with E-state index in [1.54, 1.807) is 28.8 Å². The summed E-state index contributed by atoms with van der Waals surface area (Å²) in [4.78, 5) is 13.6. The Morgan fingerprint density at radius 1 is 1.31 bits per heavy atom. The minimum Gasteiger partial charge on any atom is -0.440 e. The number of benzene rings is 1. The van der Waals surface area contributed by atoms with Gasteiger partial charge in [-0.2, -0.15) is 5.26 Å². The van der Waals surface area contributed by atoms with Crippen molar-refractivity contribution in [1.82, 2.24) is 4.57 Å². The second-order valence-electron chi connectivity index (χ2n) is 7.17. The first-order chi connectivity index (χ1) is 13.9. The third-order valence-electron chi connectivity index (χ3n) is 5.39. The molecule has 2 unspecified atom stereocenters. The van der Waals surface area contributed by atoms with Crippen molar-refractivity contribution < 1.29 is 9.47 Å². The van der Waals surface area contributed by atoms with Crippen LogP contribution in [0.4, 0.5) is 0 Å². The molecule has 2 N–H and O–H groups in total. The number of fused-ring (bicyclic) bond motifs is 1. The summed E-state index contributed by atoms with van der Waals surface area (Å²) in [7, 11) is 0. The van der Waals surface area contributed by atoms with Crippen molar-refractivity contribution in [1.29, 1.82) is 5.26 Å². The molecule has 8 heteroatoms. The zero-order valence-corrected chi connectivity index (χ0v) is 17.3. The lowest BCUT2D eigenvalue weighted by molar-refractivity contribution is 0.0955. The molecule has 2 aromatic rings. The van der Waals surface area contributed by atoms with E-state index in [-0.39, 0.29) is 23.1 Å². The molecule has 0 radical (unpaired) electrons. The van der Waals surface area contributed by atoms with E-state index in [2.05, 4.69) is 6.07 Å². The van der Waals surface area contributed by atoms with Crippen LogP contribution in [0, 0.1) is 18.3 Å². The molecule has 29 heavy (non-hydrogen) atoms. The molecule has 0 spiro atoms. The first-order valence-electron chi connectivity index (χ1n) is 9.29. The van der Waals surface area contributed by atoms with Crippen LogP contribution in [-0.2, 0) is 11.3 Å². The van der Waals surface area contributed by atoms with Crippen LogP contribution in [0.3, 0.4) is 0 Å². The highest BCUT2D eigenvalue weighted by molar-refractivity contribution is 6.36. The van der Waals surface area contributed by atoms with Crippen molar-refractivity contribution >= 4 is 23.2 Å². The summed E-state index contributed by atoms with van der Waals surface area (Å²) in [6.07, 6.45) is 1.85. The quantitative estimate of drug-likeness (QED) is 0.796. The van der Waals surface area contributed by atoms with Gasteiger partial charge in [0.05, 0.1) is 24.1 Å². The van der Waals surface area contributed by atoms with Gasteiger partial charge in [0.1, 0.15) is 17.4 Å². The van der Waals surface area contributed by atoms with Gasteiger partial charge in [-0.3, -0.25) is 4.79 Å². The monoisotopic (exact) mass is 431 g/mol. The second-order valence-corrected chi connectivity index (χ2v) is 7.99. The van der Waals surface area contributed by atoms with E-state index in [1.807, 2.05) is 6.92 Å². The molecule has 0 bridgehead atoms. The van der Waals surface area contributed by atoms with Gasteiger partial charge in [0.25, 0.3) is 5.56 Å². The Bertz CT molecular complexity index is 1090. The van der Waals surface area contributed by atoms with Gasteiger partial charge >= 0.3 is 0 Å². The van der Waals surface area contributed by atoms with E-state index in [1.165, 1.54) is 0 Å². The molecule has 1 aromatic carbocycles. The zero-order chi connectivity index (χ0) is 20.7. The van der Waals surface area contributed by atoms with Gasteiger partial charge in [0.2, 0.25) is 5.88 Å².